The Hall–Kier alpha value is -3.82. The topological polar surface area (TPSA) is 99.9 Å². The zero-order chi connectivity index (χ0) is 21.4. The van der Waals surface area contributed by atoms with E-state index in [9.17, 15) is 13.6 Å². The van der Waals surface area contributed by atoms with Crippen molar-refractivity contribution in [1.29, 1.82) is 0 Å². The minimum Gasteiger partial charge on any atom is -0.343 e. The molecule has 0 unspecified atom stereocenters. The molecular formula is C20H18F2N6O2. The van der Waals surface area contributed by atoms with Gasteiger partial charge in [0, 0.05) is 24.8 Å². The van der Waals surface area contributed by atoms with Crippen molar-refractivity contribution in [3.8, 4) is 11.4 Å². The lowest BCUT2D eigenvalue weighted by atomic mass is 10.2. The summed E-state index contributed by atoms with van der Waals surface area (Å²) in [6.07, 6.45) is 0. The number of hydrogen-bond acceptors (Lipinski definition) is 6. The Morgan fingerprint density at radius 1 is 1.17 bits per heavy atom. The van der Waals surface area contributed by atoms with Crippen LogP contribution in [0.4, 0.5) is 20.4 Å². The standard InChI is InChI=1S/C20H18F2N6O2/c1-10(2)28(3)20-24-15-7-5-12(9-16(15)25-20)23-18(29)19-26-17(27-30-19)13-6-4-11(21)8-14(13)22/h4-10H,1-3H3,(H,23,29)(H,24,25). The molecule has 4 aromatic rings. The van der Waals surface area contributed by atoms with Crippen LogP contribution in [0.5, 0.6) is 0 Å². The molecule has 0 atom stereocenters. The van der Waals surface area contributed by atoms with Crippen molar-refractivity contribution in [3.05, 3.63) is 53.9 Å². The zero-order valence-electron chi connectivity index (χ0n) is 16.4. The van der Waals surface area contributed by atoms with Crippen LogP contribution in [0.3, 0.4) is 0 Å². The third-order valence-electron chi connectivity index (χ3n) is 4.63. The molecule has 2 N–H and O–H groups in total. The Labute approximate surface area is 169 Å². The number of anilines is 2. The first-order valence-corrected chi connectivity index (χ1v) is 9.15. The first-order chi connectivity index (χ1) is 14.3. The van der Waals surface area contributed by atoms with E-state index in [4.69, 9.17) is 4.52 Å². The number of fused-ring (bicyclic) bond motifs is 1. The predicted octanol–water partition coefficient (Wildman–Crippen LogP) is 3.99. The monoisotopic (exact) mass is 412 g/mol. The van der Waals surface area contributed by atoms with E-state index in [1.807, 2.05) is 11.9 Å². The second-order valence-electron chi connectivity index (χ2n) is 7.00. The molecule has 0 aliphatic rings. The molecule has 2 aromatic heterocycles. The number of aromatic nitrogens is 4. The largest absolute Gasteiger partial charge is 0.343 e. The molecule has 0 spiro atoms. The van der Waals surface area contributed by atoms with Gasteiger partial charge in [0.15, 0.2) is 0 Å². The van der Waals surface area contributed by atoms with Crippen molar-refractivity contribution >= 4 is 28.6 Å². The molecule has 0 fully saturated rings. The molecule has 0 saturated carbocycles. The van der Waals surface area contributed by atoms with Gasteiger partial charge in [-0.25, -0.2) is 13.8 Å². The molecule has 0 radical (unpaired) electrons. The SMILES string of the molecule is CC(C)N(C)c1nc2ccc(NC(=O)c3nc(-c4ccc(F)cc4F)no3)cc2[nH]1. The number of imidazole rings is 1. The fourth-order valence-corrected chi connectivity index (χ4v) is 2.77. The van der Waals surface area contributed by atoms with Crippen molar-refractivity contribution < 1.29 is 18.1 Å². The maximum atomic E-state index is 13.9. The summed E-state index contributed by atoms with van der Waals surface area (Å²) in [5.74, 6) is -2.02. The van der Waals surface area contributed by atoms with Crippen LogP contribution in [0.1, 0.15) is 24.5 Å². The lowest BCUT2D eigenvalue weighted by Crippen LogP contribution is -2.26. The number of rotatable bonds is 5. The van der Waals surface area contributed by atoms with E-state index >= 15 is 0 Å². The Kier molecular flexibility index (Phi) is 4.90. The first kappa shape index (κ1) is 19.5. The summed E-state index contributed by atoms with van der Waals surface area (Å²) in [4.78, 5) is 26.1. The van der Waals surface area contributed by atoms with E-state index in [2.05, 4.69) is 39.3 Å². The molecule has 2 heterocycles. The zero-order valence-corrected chi connectivity index (χ0v) is 16.4. The van der Waals surface area contributed by atoms with Gasteiger partial charge >= 0.3 is 11.8 Å². The molecule has 4 rings (SSSR count). The summed E-state index contributed by atoms with van der Waals surface area (Å²) in [5, 5.41) is 6.25. The van der Waals surface area contributed by atoms with Crippen LogP contribution in [0.15, 0.2) is 40.9 Å². The van der Waals surface area contributed by atoms with Crippen molar-refractivity contribution in [2.24, 2.45) is 0 Å². The maximum Gasteiger partial charge on any atom is 0.316 e. The maximum absolute atomic E-state index is 13.9. The number of carbonyl (C=O) groups is 1. The Balaban J connectivity index is 1.54. The van der Waals surface area contributed by atoms with Gasteiger partial charge in [-0.3, -0.25) is 4.79 Å². The van der Waals surface area contributed by atoms with Crippen LogP contribution >= 0.6 is 0 Å². The fourth-order valence-electron chi connectivity index (χ4n) is 2.77. The van der Waals surface area contributed by atoms with Crippen LogP contribution in [-0.4, -0.2) is 39.1 Å². The number of amides is 1. The number of hydrogen-bond donors (Lipinski definition) is 2. The highest BCUT2D eigenvalue weighted by molar-refractivity contribution is 6.02. The minimum absolute atomic E-state index is 0.0696. The lowest BCUT2D eigenvalue weighted by Gasteiger charge is -2.19. The third-order valence-corrected chi connectivity index (χ3v) is 4.63. The molecular weight excluding hydrogens is 394 g/mol. The number of H-pyrrole nitrogens is 1. The average Bonchev–Trinajstić information content (AvgIpc) is 3.34. The van der Waals surface area contributed by atoms with Gasteiger partial charge < -0.3 is 19.7 Å². The third kappa shape index (κ3) is 3.71. The summed E-state index contributed by atoms with van der Waals surface area (Å²) in [5.41, 5.74) is 1.92. The van der Waals surface area contributed by atoms with Gasteiger partial charge in [0.2, 0.25) is 11.8 Å². The van der Waals surface area contributed by atoms with E-state index in [1.165, 1.54) is 6.07 Å². The van der Waals surface area contributed by atoms with Crippen molar-refractivity contribution in [3.63, 3.8) is 0 Å². The number of nitrogens with one attached hydrogen (secondary N) is 2. The van der Waals surface area contributed by atoms with E-state index < -0.39 is 17.5 Å². The van der Waals surface area contributed by atoms with Crippen LogP contribution in [0.2, 0.25) is 0 Å². The summed E-state index contributed by atoms with van der Waals surface area (Å²) in [7, 11) is 1.93. The second-order valence-corrected chi connectivity index (χ2v) is 7.00. The van der Waals surface area contributed by atoms with Crippen molar-refractivity contribution in [2.45, 2.75) is 19.9 Å². The van der Waals surface area contributed by atoms with Crippen LogP contribution in [-0.2, 0) is 0 Å². The number of halogens is 2. The normalized spacial score (nSPS) is 11.3. The number of aromatic amines is 1. The quantitative estimate of drug-likeness (QED) is 0.514. The van der Waals surface area contributed by atoms with E-state index in [0.717, 1.165) is 17.1 Å². The first-order valence-electron chi connectivity index (χ1n) is 9.15. The molecule has 1 amide bonds. The Morgan fingerprint density at radius 2 is 1.97 bits per heavy atom. The molecule has 0 aliphatic heterocycles. The Morgan fingerprint density at radius 3 is 2.70 bits per heavy atom. The summed E-state index contributed by atoms with van der Waals surface area (Å²) >= 11 is 0. The molecule has 2 aromatic carbocycles. The minimum atomic E-state index is -0.852. The molecule has 8 nitrogen and oxygen atoms in total. The van der Waals surface area contributed by atoms with Gasteiger partial charge in [0.1, 0.15) is 11.6 Å². The Bertz CT molecular complexity index is 1230. The van der Waals surface area contributed by atoms with Gasteiger partial charge in [0.05, 0.1) is 16.6 Å². The van der Waals surface area contributed by atoms with Gasteiger partial charge in [0.25, 0.3) is 0 Å². The number of benzene rings is 2. The van der Waals surface area contributed by atoms with Gasteiger partial charge in [-0.15, -0.1) is 0 Å². The van der Waals surface area contributed by atoms with Crippen LogP contribution in [0, 0.1) is 11.6 Å². The molecule has 10 heteroatoms. The smallest absolute Gasteiger partial charge is 0.316 e. The van der Waals surface area contributed by atoms with Gasteiger partial charge in [-0.05, 0) is 44.2 Å². The summed E-state index contributed by atoms with van der Waals surface area (Å²) < 4.78 is 31.9. The summed E-state index contributed by atoms with van der Waals surface area (Å²) in [6, 6.07) is 8.41. The summed E-state index contributed by atoms with van der Waals surface area (Å²) in [6.45, 7) is 4.10. The number of carbonyl (C=O) groups excluding carboxylic acids is 1. The van der Waals surface area contributed by atoms with Crippen LogP contribution in [0.25, 0.3) is 22.4 Å². The molecule has 0 aliphatic carbocycles. The molecule has 0 saturated heterocycles. The van der Waals surface area contributed by atoms with E-state index in [-0.39, 0.29) is 23.3 Å². The highest BCUT2D eigenvalue weighted by Crippen LogP contribution is 2.23. The van der Waals surface area contributed by atoms with Gasteiger partial charge in [-0.2, -0.15) is 4.98 Å². The van der Waals surface area contributed by atoms with Crippen LogP contribution < -0.4 is 10.2 Å². The molecule has 0 bridgehead atoms. The number of nitrogens with zero attached hydrogens (tertiary/aromatic N) is 4. The second kappa shape index (κ2) is 7.54. The van der Waals surface area contributed by atoms with Crippen molar-refractivity contribution in [2.75, 3.05) is 17.3 Å². The van der Waals surface area contributed by atoms with E-state index in [1.54, 1.807) is 18.2 Å². The highest BCUT2D eigenvalue weighted by Gasteiger charge is 2.19. The van der Waals surface area contributed by atoms with Crippen molar-refractivity contribution in [1.82, 2.24) is 20.1 Å². The fraction of sp³-hybridized carbons (Fsp3) is 0.200. The predicted molar refractivity (Wildman–Crippen MR) is 107 cm³/mol. The molecule has 154 valence electrons. The molecule has 30 heavy (non-hydrogen) atoms. The van der Waals surface area contributed by atoms with Gasteiger partial charge in [-0.1, -0.05) is 5.16 Å². The lowest BCUT2D eigenvalue weighted by molar-refractivity contribution is 0.0981. The highest BCUT2D eigenvalue weighted by atomic mass is 19.1. The van der Waals surface area contributed by atoms with E-state index in [0.29, 0.717) is 17.7 Å². The average molecular weight is 412 g/mol.